The standard InChI is InChI=1S/C14H16N2O4/c1-19-9-12(11-4-2-3-7-15-11)16-14(18)13-6-5-10(8-17)20-13/h2-7,12,17H,8-9H2,1H3,(H,16,18)/t12-/m0/s1. The zero-order valence-corrected chi connectivity index (χ0v) is 11.1. The molecule has 0 radical (unpaired) electrons. The van der Waals surface area contributed by atoms with Gasteiger partial charge in [-0.2, -0.15) is 0 Å². The van der Waals surface area contributed by atoms with Gasteiger partial charge >= 0.3 is 0 Å². The van der Waals surface area contributed by atoms with Gasteiger partial charge in [0.25, 0.3) is 5.91 Å². The molecule has 0 aliphatic heterocycles. The first-order chi connectivity index (χ1) is 9.74. The molecule has 106 valence electrons. The number of ether oxygens (including phenoxy) is 1. The van der Waals surface area contributed by atoms with Crippen LogP contribution in [0, 0.1) is 0 Å². The number of nitrogens with zero attached hydrogens (tertiary/aromatic N) is 1. The first-order valence-corrected chi connectivity index (χ1v) is 6.15. The highest BCUT2D eigenvalue weighted by atomic mass is 16.5. The largest absolute Gasteiger partial charge is 0.453 e. The molecule has 0 fully saturated rings. The molecular weight excluding hydrogens is 260 g/mol. The van der Waals surface area contributed by atoms with Crippen LogP contribution in [0.5, 0.6) is 0 Å². The number of carbonyl (C=O) groups is 1. The van der Waals surface area contributed by atoms with Crippen LogP contribution in [0.1, 0.15) is 28.1 Å². The van der Waals surface area contributed by atoms with Gasteiger partial charge in [-0.25, -0.2) is 0 Å². The third-order valence-corrected chi connectivity index (χ3v) is 2.72. The van der Waals surface area contributed by atoms with E-state index in [2.05, 4.69) is 10.3 Å². The quantitative estimate of drug-likeness (QED) is 0.830. The van der Waals surface area contributed by atoms with Crippen LogP contribution >= 0.6 is 0 Å². The number of pyridine rings is 1. The van der Waals surface area contributed by atoms with Crippen LogP contribution in [0.4, 0.5) is 0 Å². The summed E-state index contributed by atoms with van der Waals surface area (Å²) in [7, 11) is 1.55. The van der Waals surface area contributed by atoms with Gasteiger partial charge in [-0.1, -0.05) is 6.07 Å². The van der Waals surface area contributed by atoms with Crippen molar-refractivity contribution in [2.75, 3.05) is 13.7 Å². The van der Waals surface area contributed by atoms with E-state index < -0.39 is 0 Å². The maximum absolute atomic E-state index is 12.1. The molecule has 6 heteroatoms. The summed E-state index contributed by atoms with van der Waals surface area (Å²) in [6, 6.07) is 8.16. The smallest absolute Gasteiger partial charge is 0.287 e. The van der Waals surface area contributed by atoms with Crippen LogP contribution < -0.4 is 5.32 Å². The Morgan fingerprint density at radius 1 is 1.45 bits per heavy atom. The highest BCUT2D eigenvalue weighted by Crippen LogP contribution is 2.13. The third-order valence-electron chi connectivity index (χ3n) is 2.72. The van der Waals surface area contributed by atoms with Crippen molar-refractivity contribution in [3.8, 4) is 0 Å². The Balaban J connectivity index is 2.10. The number of hydrogen-bond donors (Lipinski definition) is 2. The first-order valence-electron chi connectivity index (χ1n) is 6.15. The second-order valence-corrected chi connectivity index (χ2v) is 4.16. The normalized spacial score (nSPS) is 12.1. The lowest BCUT2D eigenvalue weighted by Gasteiger charge is -2.16. The van der Waals surface area contributed by atoms with Gasteiger partial charge in [-0.05, 0) is 24.3 Å². The van der Waals surface area contributed by atoms with Gasteiger partial charge in [0.2, 0.25) is 0 Å². The molecule has 2 aromatic rings. The summed E-state index contributed by atoms with van der Waals surface area (Å²) in [4.78, 5) is 16.3. The average Bonchev–Trinajstić information content (AvgIpc) is 2.97. The highest BCUT2D eigenvalue weighted by molar-refractivity contribution is 5.91. The van der Waals surface area contributed by atoms with E-state index in [0.717, 1.165) is 0 Å². The van der Waals surface area contributed by atoms with Crippen LogP contribution in [0.3, 0.4) is 0 Å². The summed E-state index contributed by atoms with van der Waals surface area (Å²) in [5.41, 5.74) is 0.705. The molecule has 0 unspecified atom stereocenters. The Kier molecular flexibility index (Phi) is 4.86. The van der Waals surface area contributed by atoms with Crippen molar-refractivity contribution in [3.63, 3.8) is 0 Å². The topological polar surface area (TPSA) is 84.6 Å². The van der Waals surface area contributed by atoms with Crippen LogP contribution in [0.2, 0.25) is 0 Å². The number of amides is 1. The van der Waals surface area contributed by atoms with E-state index in [1.807, 2.05) is 12.1 Å². The molecule has 2 N–H and O–H groups in total. The monoisotopic (exact) mass is 276 g/mol. The zero-order chi connectivity index (χ0) is 14.4. The predicted molar refractivity (Wildman–Crippen MR) is 71.0 cm³/mol. The number of rotatable bonds is 6. The summed E-state index contributed by atoms with van der Waals surface area (Å²) in [6.07, 6.45) is 1.65. The fourth-order valence-electron chi connectivity index (χ4n) is 1.76. The Morgan fingerprint density at radius 3 is 2.90 bits per heavy atom. The Bertz CT molecular complexity index is 553. The number of aromatic nitrogens is 1. The van der Waals surface area contributed by atoms with E-state index in [-0.39, 0.29) is 24.3 Å². The Hall–Kier alpha value is -2.18. The van der Waals surface area contributed by atoms with E-state index in [1.54, 1.807) is 25.4 Å². The molecule has 20 heavy (non-hydrogen) atoms. The van der Waals surface area contributed by atoms with Crippen molar-refractivity contribution >= 4 is 5.91 Å². The molecule has 0 saturated carbocycles. The van der Waals surface area contributed by atoms with Crippen molar-refractivity contribution in [1.82, 2.24) is 10.3 Å². The van der Waals surface area contributed by atoms with Crippen LogP contribution in [0.25, 0.3) is 0 Å². The third kappa shape index (κ3) is 3.43. The zero-order valence-electron chi connectivity index (χ0n) is 11.1. The lowest BCUT2D eigenvalue weighted by Crippen LogP contribution is -2.31. The van der Waals surface area contributed by atoms with Gasteiger partial charge in [0.05, 0.1) is 18.3 Å². The minimum absolute atomic E-state index is 0.145. The Morgan fingerprint density at radius 2 is 2.30 bits per heavy atom. The molecule has 2 rings (SSSR count). The van der Waals surface area contributed by atoms with Crippen molar-refractivity contribution in [1.29, 1.82) is 0 Å². The number of carbonyl (C=O) groups excluding carboxylic acids is 1. The number of aliphatic hydroxyl groups excluding tert-OH is 1. The van der Waals surface area contributed by atoms with Crippen LogP contribution in [-0.4, -0.2) is 29.7 Å². The van der Waals surface area contributed by atoms with Gasteiger partial charge in [0, 0.05) is 13.3 Å². The lowest BCUT2D eigenvalue weighted by atomic mass is 10.2. The number of furan rings is 1. The summed E-state index contributed by atoms with van der Waals surface area (Å²) < 4.78 is 10.3. The molecule has 6 nitrogen and oxygen atoms in total. The fourth-order valence-corrected chi connectivity index (χ4v) is 1.76. The molecule has 1 amide bonds. The molecule has 1 atom stereocenters. The average molecular weight is 276 g/mol. The molecule has 0 aliphatic carbocycles. The molecule has 0 aromatic carbocycles. The van der Waals surface area contributed by atoms with Gasteiger partial charge < -0.3 is 19.6 Å². The van der Waals surface area contributed by atoms with Crippen LogP contribution in [0.15, 0.2) is 40.9 Å². The molecule has 2 heterocycles. The molecular formula is C14H16N2O4. The predicted octanol–water partition coefficient (Wildman–Crippen LogP) is 1.28. The van der Waals surface area contributed by atoms with Gasteiger partial charge in [0.1, 0.15) is 12.4 Å². The molecule has 2 aromatic heterocycles. The number of methoxy groups -OCH3 is 1. The fraction of sp³-hybridized carbons (Fsp3) is 0.286. The minimum atomic E-state index is -0.377. The minimum Gasteiger partial charge on any atom is -0.453 e. The van der Waals surface area contributed by atoms with E-state index in [0.29, 0.717) is 18.1 Å². The van der Waals surface area contributed by atoms with Crippen molar-refractivity contribution in [2.24, 2.45) is 0 Å². The first kappa shape index (κ1) is 14.2. The van der Waals surface area contributed by atoms with Crippen molar-refractivity contribution in [3.05, 3.63) is 53.7 Å². The second-order valence-electron chi connectivity index (χ2n) is 4.16. The summed E-state index contributed by atoms with van der Waals surface area (Å²) >= 11 is 0. The van der Waals surface area contributed by atoms with E-state index >= 15 is 0 Å². The maximum Gasteiger partial charge on any atom is 0.287 e. The van der Waals surface area contributed by atoms with Crippen molar-refractivity contribution in [2.45, 2.75) is 12.6 Å². The number of nitrogens with one attached hydrogen (secondary N) is 1. The van der Waals surface area contributed by atoms with Gasteiger partial charge in [-0.15, -0.1) is 0 Å². The molecule has 0 spiro atoms. The van der Waals surface area contributed by atoms with E-state index in [1.165, 1.54) is 6.07 Å². The molecule has 0 saturated heterocycles. The SMILES string of the molecule is COC[C@H](NC(=O)c1ccc(CO)o1)c1ccccn1. The summed E-state index contributed by atoms with van der Waals surface area (Å²) in [5, 5.41) is 11.7. The highest BCUT2D eigenvalue weighted by Gasteiger charge is 2.18. The van der Waals surface area contributed by atoms with E-state index in [9.17, 15) is 4.79 Å². The summed E-state index contributed by atoms with van der Waals surface area (Å²) in [5.74, 6) is 0.111. The summed E-state index contributed by atoms with van der Waals surface area (Å²) in [6.45, 7) is 0.0609. The number of hydrogen-bond acceptors (Lipinski definition) is 5. The maximum atomic E-state index is 12.1. The van der Waals surface area contributed by atoms with Gasteiger partial charge in [-0.3, -0.25) is 9.78 Å². The van der Waals surface area contributed by atoms with Crippen molar-refractivity contribution < 1.29 is 19.1 Å². The second kappa shape index (κ2) is 6.83. The lowest BCUT2D eigenvalue weighted by molar-refractivity contribution is 0.0862. The molecule has 0 aliphatic rings. The molecule has 0 bridgehead atoms. The number of aliphatic hydroxyl groups is 1. The van der Waals surface area contributed by atoms with E-state index in [4.69, 9.17) is 14.3 Å². The Labute approximate surface area is 116 Å². The van der Waals surface area contributed by atoms with Crippen LogP contribution in [-0.2, 0) is 11.3 Å². The van der Waals surface area contributed by atoms with Gasteiger partial charge in [0.15, 0.2) is 5.76 Å².